The first kappa shape index (κ1) is 38.7. The lowest BCUT2D eigenvalue weighted by Gasteiger charge is -2.31. The number of halogens is 1. The number of aliphatic hydroxyl groups excluding tert-OH is 1. The van der Waals surface area contributed by atoms with E-state index in [9.17, 15) is 41.9 Å². The fourth-order valence-corrected chi connectivity index (χ4v) is 7.77. The Kier molecular flexibility index (Phi) is 10.8. The quantitative estimate of drug-likeness (QED) is 0.0677. The normalized spacial score (nSPS) is 15.4. The molecule has 3 amide bonds. The molecule has 1 aromatic heterocycles. The molecule has 2 saturated carbocycles. The Labute approximate surface area is 315 Å². The molecule has 4 aromatic rings. The molecule has 5 N–H and O–H groups in total. The van der Waals surface area contributed by atoms with Gasteiger partial charge in [-0.15, -0.1) is 0 Å². The second kappa shape index (κ2) is 15.4. The minimum Gasteiger partial charge on any atom is -0.502 e. The third kappa shape index (κ3) is 8.38. The van der Waals surface area contributed by atoms with Crippen LogP contribution in [0.15, 0.2) is 76.9 Å². The van der Waals surface area contributed by atoms with Crippen LogP contribution in [0.25, 0.3) is 22.3 Å². The number of hydrogen-bond donors (Lipinski definition) is 5. The number of benzene rings is 3. The van der Waals surface area contributed by atoms with Gasteiger partial charge in [0, 0.05) is 42.2 Å². The third-order valence-electron chi connectivity index (χ3n) is 9.79. The van der Waals surface area contributed by atoms with Gasteiger partial charge >= 0.3 is 5.97 Å². The van der Waals surface area contributed by atoms with E-state index in [-0.39, 0.29) is 40.6 Å². The van der Waals surface area contributed by atoms with Gasteiger partial charge < -0.3 is 30.6 Å². The summed E-state index contributed by atoms with van der Waals surface area (Å²) in [4.78, 5) is 64.0. The number of fused-ring (bicyclic) bond motifs is 1. The van der Waals surface area contributed by atoms with Crippen molar-refractivity contribution in [2.24, 2.45) is 0 Å². The van der Waals surface area contributed by atoms with E-state index in [1.165, 1.54) is 55.6 Å². The summed E-state index contributed by atoms with van der Waals surface area (Å²) in [5.41, 5.74) is 0.834. The zero-order chi connectivity index (χ0) is 39.7. The molecule has 0 atom stereocenters. The summed E-state index contributed by atoms with van der Waals surface area (Å²) in [6.45, 7) is -0.707. The van der Waals surface area contributed by atoms with Crippen molar-refractivity contribution in [3.05, 3.63) is 101 Å². The van der Waals surface area contributed by atoms with E-state index >= 15 is 0 Å². The molecule has 1 heterocycles. The SMILES string of the molecule is CNC(=O)c1c(-c2ccc(F)cc2)oc2cc(N(CC(=O)NC3(C(=O)NCc4cccc(C(=O)C=C(O)C(=O)O)c4)CCCC3)S(C)(=O)=O)c(C3CC3)cc12. The Hall–Kier alpha value is -6.03. The van der Waals surface area contributed by atoms with E-state index in [0.29, 0.717) is 53.8 Å². The Morgan fingerprint density at radius 2 is 1.69 bits per heavy atom. The molecule has 0 unspecified atom stereocenters. The second-order valence-corrected chi connectivity index (χ2v) is 15.7. The van der Waals surface area contributed by atoms with Crippen molar-refractivity contribution < 1.29 is 51.4 Å². The Bertz CT molecular complexity index is 2340. The molecule has 0 saturated heterocycles. The molecule has 2 aliphatic rings. The molecule has 0 spiro atoms. The van der Waals surface area contributed by atoms with Crippen LogP contribution in [-0.4, -0.2) is 73.5 Å². The summed E-state index contributed by atoms with van der Waals surface area (Å²) in [5, 5.41) is 26.9. The van der Waals surface area contributed by atoms with Crippen LogP contribution in [-0.2, 0) is 31.0 Å². The number of carboxylic acids is 1. The molecule has 6 rings (SSSR count). The first-order chi connectivity index (χ1) is 26.1. The van der Waals surface area contributed by atoms with Crippen LogP contribution in [0, 0.1) is 5.82 Å². The minimum atomic E-state index is -4.11. The van der Waals surface area contributed by atoms with Gasteiger partial charge in [0.25, 0.3) is 5.91 Å². The van der Waals surface area contributed by atoms with Gasteiger partial charge in [0.15, 0.2) is 5.78 Å². The van der Waals surface area contributed by atoms with Crippen molar-refractivity contribution in [3.63, 3.8) is 0 Å². The van der Waals surface area contributed by atoms with Crippen LogP contribution in [0.5, 0.6) is 0 Å². The predicted octanol–water partition coefficient (Wildman–Crippen LogP) is 4.70. The van der Waals surface area contributed by atoms with E-state index in [0.717, 1.165) is 23.4 Å². The second-order valence-electron chi connectivity index (χ2n) is 13.8. The number of amides is 3. The summed E-state index contributed by atoms with van der Waals surface area (Å²) in [7, 11) is -2.64. The number of nitrogens with one attached hydrogen (secondary N) is 3. The van der Waals surface area contributed by atoms with E-state index in [2.05, 4.69) is 16.0 Å². The average molecular weight is 775 g/mol. The molecule has 0 bridgehead atoms. The number of ketones is 1. The van der Waals surface area contributed by atoms with Crippen molar-refractivity contribution in [2.75, 3.05) is 24.2 Å². The van der Waals surface area contributed by atoms with Crippen molar-refractivity contribution in [1.29, 1.82) is 0 Å². The molecule has 0 radical (unpaired) electrons. The number of nitrogens with zero attached hydrogens (tertiary/aromatic N) is 1. The predicted molar refractivity (Wildman–Crippen MR) is 199 cm³/mol. The number of sulfonamides is 1. The van der Waals surface area contributed by atoms with Crippen LogP contribution in [0.2, 0.25) is 0 Å². The van der Waals surface area contributed by atoms with Crippen LogP contribution in [0.4, 0.5) is 10.1 Å². The molecule has 0 aliphatic heterocycles. The number of carboxylic acid groups (broad SMARTS) is 1. The van der Waals surface area contributed by atoms with Gasteiger partial charge in [0.1, 0.15) is 29.2 Å². The molecule has 2 fully saturated rings. The number of hydrogen-bond acceptors (Lipinski definition) is 9. The monoisotopic (exact) mass is 774 g/mol. The summed E-state index contributed by atoms with van der Waals surface area (Å²) in [6, 6.07) is 14.6. The van der Waals surface area contributed by atoms with Gasteiger partial charge in [0.2, 0.25) is 27.6 Å². The van der Waals surface area contributed by atoms with Gasteiger partial charge in [0.05, 0.1) is 17.5 Å². The summed E-state index contributed by atoms with van der Waals surface area (Å²) < 4.78 is 47.7. The highest BCUT2D eigenvalue weighted by Crippen LogP contribution is 2.48. The molecule has 3 aromatic carbocycles. The van der Waals surface area contributed by atoms with E-state index in [4.69, 9.17) is 9.52 Å². The standard InChI is InChI=1S/C39H39FN4O10S/c1-41-36(48)34-28-17-27(23-8-9-23)29(18-32(28)54-35(34)24-10-12-26(40)13-11-24)44(55(2,52)53)21-33(47)43-39(14-3-4-15-39)38(51)42-20-22-6-5-7-25(16-22)30(45)19-31(46)37(49)50/h5-7,10-13,16-19,23,46H,3-4,8-9,14-15,20-21H2,1-2H3,(H,41,48)(H,42,51)(H,43,47)(H,49,50). The highest BCUT2D eigenvalue weighted by Gasteiger charge is 2.43. The van der Waals surface area contributed by atoms with Crippen LogP contribution >= 0.6 is 0 Å². The number of anilines is 1. The van der Waals surface area contributed by atoms with Crippen molar-refractivity contribution in [2.45, 2.75) is 56.5 Å². The Morgan fingerprint density at radius 3 is 2.31 bits per heavy atom. The number of aliphatic hydroxyl groups is 1. The number of rotatable bonds is 14. The molecule has 55 heavy (non-hydrogen) atoms. The number of carbonyl (C=O) groups excluding carboxylic acids is 4. The highest BCUT2D eigenvalue weighted by molar-refractivity contribution is 7.92. The molecule has 2 aliphatic carbocycles. The zero-order valence-electron chi connectivity index (χ0n) is 30.0. The number of carbonyl (C=O) groups is 5. The maximum absolute atomic E-state index is 13.8. The van der Waals surface area contributed by atoms with Gasteiger partial charge in [-0.3, -0.25) is 23.5 Å². The van der Waals surface area contributed by atoms with Gasteiger partial charge in [-0.05, 0) is 79.1 Å². The Balaban J connectivity index is 1.26. The van der Waals surface area contributed by atoms with Crippen LogP contribution in [0.1, 0.15) is 76.3 Å². The number of allylic oxidation sites excluding steroid dienone is 1. The third-order valence-corrected chi connectivity index (χ3v) is 10.9. The zero-order valence-corrected chi connectivity index (χ0v) is 30.8. The van der Waals surface area contributed by atoms with E-state index < -0.39 is 63.2 Å². The minimum absolute atomic E-state index is 0.0481. The topological polar surface area (TPSA) is 212 Å². The number of aliphatic carboxylic acids is 1. The Morgan fingerprint density at radius 1 is 1.00 bits per heavy atom. The smallest absolute Gasteiger partial charge is 0.371 e. The molecule has 14 nitrogen and oxygen atoms in total. The summed E-state index contributed by atoms with van der Waals surface area (Å²) in [6.07, 6.45) is 4.89. The summed E-state index contributed by atoms with van der Waals surface area (Å²) >= 11 is 0. The summed E-state index contributed by atoms with van der Waals surface area (Å²) in [5.74, 6) is -5.57. The largest absolute Gasteiger partial charge is 0.502 e. The average Bonchev–Trinajstić information content (AvgIpc) is 3.77. The van der Waals surface area contributed by atoms with Gasteiger partial charge in [-0.1, -0.05) is 31.0 Å². The lowest BCUT2D eigenvalue weighted by Crippen LogP contribution is -2.58. The van der Waals surface area contributed by atoms with E-state index in [1.807, 2.05) is 0 Å². The van der Waals surface area contributed by atoms with E-state index in [1.54, 1.807) is 12.1 Å². The van der Waals surface area contributed by atoms with Crippen LogP contribution in [0.3, 0.4) is 0 Å². The van der Waals surface area contributed by atoms with Gasteiger partial charge in [-0.2, -0.15) is 0 Å². The lowest BCUT2D eigenvalue weighted by molar-refractivity contribution is -0.135. The maximum atomic E-state index is 13.8. The van der Waals surface area contributed by atoms with Crippen molar-refractivity contribution in [3.8, 4) is 11.3 Å². The van der Waals surface area contributed by atoms with Crippen LogP contribution < -0.4 is 20.3 Å². The van der Waals surface area contributed by atoms with Gasteiger partial charge in [-0.25, -0.2) is 17.6 Å². The molecule has 16 heteroatoms. The molecular formula is C39H39FN4O10S. The first-order valence-electron chi connectivity index (χ1n) is 17.5. The first-order valence-corrected chi connectivity index (χ1v) is 19.4. The maximum Gasteiger partial charge on any atom is 0.371 e. The molecular weight excluding hydrogens is 736 g/mol. The molecule has 288 valence electrons. The fraction of sp³-hybridized carbons (Fsp3) is 0.308. The lowest BCUT2D eigenvalue weighted by atomic mass is 9.95. The fourth-order valence-electron chi connectivity index (χ4n) is 6.90. The van der Waals surface area contributed by atoms with Crippen molar-refractivity contribution in [1.82, 2.24) is 16.0 Å². The number of furan rings is 1. The van der Waals surface area contributed by atoms with Crippen molar-refractivity contribution >= 4 is 56.2 Å². The highest BCUT2D eigenvalue weighted by atomic mass is 32.2.